The number of halogens is 1. The highest BCUT2D eigenvalue weighted by molar-refractivity contribution is 9.10. The van der Waals surface area contributed by atoms with E-state index in [1.54, 1.807) is 7.11 Å². The molecule has 0 radical (unpaired) electrons. The van der Waals surface area contributed by atoms with Crippen LogP contribution in [0.25, 0.3) is 11.3 Å². The van der Waals surface area contributed by atoms with E-state index in [1.165, 1.54) is 0 Å². The zero-order chi connectivity index (χ0) is 22.8. The Balaban J connectivity index is 1.47. The normalized spacial score (nSPS) is 18.5. The van der Waals surface area contributed by atoms with Crippen LogP contribution in [0.5, 0.6) is 5.75 Å². The number of aromatic nitrogens is 2. The third-order valence-corrected chi connectivity index (χ3v) is 6.86. The number of ether oxygens (including phenoxy) is 2. The molecule has 1 N–H and O–H groups in total. The van der Waals surface area contributed by atoms with Gasteiger partial charge in [0, 0.05) is 41.8 Å². The summed E-state index contributed by atoms with van der Waals surface area (Å²) < 4.78 is 11.7. The van der Waals surface area contributed by atoms with E-state index in [0.717, 1.165) is 71.9 Å². The van der Waals surface area contributed by atoms with Gasteiger partial charge in [0.2, 0.25) is 0 Å². The van der Waals surface area contributed by atoms with E-state index in [-0.39, 0.29) is 11.9 Å². The summed E-state index contributed by atoms with van der Waals surface area (Å²) >= 11 is 3.60. The Bertz CT molecular complexity index is 1120. The molecule has 2 aliphatic rings. The first-order valence-electron chi connectivity index (χ1n) is 11.2. The number of rotatable bonds is 7. The highest BCUT2D eigenvalue weighted by atomic mass is 79.9. The molecule has 1 fully saturated rings. The van der Waals surface area contributed by atoms with Gasteiger partial charge in [-0.25, -0.2) is 0 Å². The molecule has 0 aliphatic carbocycles. The molecule has 2 aliphatic heterocycles. The van der Waals surface area contributed by atoms with Crippen molar-refractivity contribution >= 4 is 21.8 Å². The Morgan fingerprint density at radius 2 is 1.94 bits per heavy atom. The third kappa shape index (κ3) is 4.43. The number of morpholine rings is 1. The van der Waals surface area contributed by atoms with Gasteiger partial charge in [0.25, 0.3) is 5.91 Å². The van der Waals surface area contributed by atoms with Crippen molar-refractivity contribution in [3.8, 4) is 17.0 Å². The third-order valence-electron chi connectivity index (χ3n) is 6.37. The van der Waals surface area contributed by atoms with Gasteiger partial charge in [-0.3, -0.25) is 14.8 Å². The monoisotopic (exact) mass is 510 g/mol. The average molecular weight is 511 g/mol. The minimum absolute atomic E-state index is 0.00390. The summed E-state index contributed by atoms with van der Waals surface area (Å²) in [5.41, 5.74) is 4.35. The number of hydrogen-bond donors (Lipinski definition) is 1. The van der Waals surface area contributed by atoms with Crippen LogP contribution < -0.4 is 4.74 Å². The predicted molar refractivity (Wildman–Crippen MR) is 129 cm³/mol. The highest BCUT2D eigenvalue weighted by Gasteiger charge is 2.42. The molecule has 8 heteroatoms. The maximum absolute atomic E-state index is 13.5. The number of hydrogen-bond acceptors (Lipinski definition) is 5. The second-order valence-corrected chi connectivity index (χ2v) is 9.27. The van der Waals surface area contributed by atoms with Gasteiger partial charge >= 0.3 is 0 Å². The van der Waals surface area contributed by atoms with E-state index in [4.69, 9.17) is 9.47 Å². The Kier molecular flexibility index (Phi) is 6.48. The summed E-state index contributed by atoms with van der Waals surface area (Å²) in [5.74, 6) is 0.791. The summed E-state index contributed by atoms with van der Waals surface area (Å²) in [6, 6.07) is 15.8. The van der Waals surface area contributed by atoms with Crippen LogP contribution in [0.2, 0.25) is 0 Å². The highest BCUT2D eigenvalue weighted by Crippen LogP contribution is 2.43. The summed E-state index contributed by atoms with van der Waals surface area (Å²) in [7, 11) is 1.65. The zero-order valence-electron chi connectivity index (χ0n) is 18.6. The number of amides is 1. The topological polar surface area (TPSA) is 70.7 Å². The van der Waals surface area contributed by atoms with Crippen molar-refractivity contribution in [1.29, 1.82) is 0 Å². The second kappa shape index (κ2) is 9.67. The lowest BCUT2D eigenvalue weighted by molar-refractivity contribution is 0.0354. The Labute approximate surface area is 201 Å². The molecule has 1 saturated heterocycles. The predicted octanol–water partition coefficient (Wildman–Crippen LogP) is 4.12. The first-order valence-corrected chi connectivity index (χ1v) is 12.0. The van der Waals surface area contributed by atoms with E-state index < -0.39 is 0 Å². The van der Waals surface area contributed by atoms with Crippen molar-refractivity contribution in [2.24, 2.45) is 0 Å². The van der Waals surface area contributed by atoms with Crippen molar-refractivity contribution in [2.75, 3.05) is 46.5 Å². The second-order valence-electron chi connectivity index (χ2n) is 8.35. The number of carbonyl (C=O) groups excluding carboxylic acids is 1. The molecular weight excluding hydrogens is 484 g/mol. The molecular formula is C25H27BrN4O3. The van der Waals surface area contributed by atoms with Gasteiger partial charge in [0.15, 0.2) is 0 Å². The lowest BCUT2D eigenvalue weighted by Crippen LogP contribution is -2.38. The molecule has 1 amide bonds. The molecule has 2 aromatic carbocycles. The maximum atomic E-state index is 13.5. The number of carbonyl (C=O) groups is 1. The van der Waals surface area contributed by atoms with E-state index in [9.17, 15) is 4.79 Å². The molecule has 0 bridgehead atoms. The number of aromatic amines is 1. The molecule has 3 aromatic rings. The number of H-pyrrole nitrogens is 1. The van der Waals surface area contributed by atoms with Gasteiger partial charge < -0.3 is 14.4 Å². The molecule has 1 atom stereocenters. The average Bonchev–Trinajstić information content (AvgIpc) is 3.39. The minimum atomic E-state index is -0.189. The van der Waals surface area contributed by atoms with E-state index in [0.29, 0.717) is 12.2 Å². The maximum Gasteiger partial charge on any atom is 0.273 e. The van der Waals surface area contributed by atoms with Crippen LogP contribution in [0, 0.1) is 0 Å². The van der Waals surface area contributed by atoms with Crippen LogP contribution in [0.3, 0.4) is 0 Å². The molecule has 0 saturated carbocycles. The van der Waals surface area contributed by atoms with Gasteiger partial charge in [-0.2, -0.15) is 5.10 Å². The minimum Gasteiger partial charge on any atom is -0.497 e. The van der Waals surface area contributed by atoms with Crippen LogP contribution in [-0.4, -0.2) is 72.4 Å². The van der Waals surface area contributed by atoms with Gasteiger partial charge in [-0.1, -0.05) is 28.1 Å². The Morgan fingerprint density at radius 3 is 2.67 bits per heavy atom. The quantitative estimate of drug-likeness (QED) is 0.517. The Hall–Kier alpha value is -2.68. The molecule has 0 spiro atoms. The van der Waals surface area contributed by atoms with Crippen molar-refractivity contribution in [3.63, 3.8) is 0 Å². The number of nitrogens with zero attached hydrogens (tertiary/aromatic N) is 3. The summed E-state index contributed by atoms with van der Waals surface area (Å²) in [6.45, 7) is 5.10. The molecule has 172 valence electrons. The SMILES string of the molecule is COc1ccc(-c2n[nH]c3c2C(c2cccc(Br)c2)N(CCCN2CCOCC2)C3=O)cc1. The number of nitrogens with one attached hydrogen (secondary N) is 1. The first-order chi connectivity index (χ1) is 16.2. The van der Waals surface area contributed by atoms with Crippen LogP contribution in [0.15, 0.2) is 53.0 Å². The van der Waals surface area contributed by atoms with Crippen molar-refractivity contribution in [2.45, 2.75) is 12.5 Å². The van der Waals surface area contributed by atoms with Gasteiger partial charge in [-0.05, 0) is 48.4 Å². The van der Waals surface area contributed by atoms with Crippen LogP contribution in [0.1, 0.15) is 34.1 Å². The van der Waals surface area contributed by atoms with Gasteiger partial charge in [0.05, 0.1) is 32.1 Å². The fraction of sp³-hybridized carbons (Fsp3) is 0.360. The molecule has 1 aromatic heterocycles. The lowest BCUT2D eigenvalue weighted by atomic mass is 9.96. The fourth-order valence-corrected chi connectivity index (χ4v) is 5.13. The number of benzene rings is 2. The summed E-state index contributed by atoms with van der Waals surface area (Å²) in [4.78, 5) is 17.9. The Morgan fingerprint density at radius 1 is 1.15 bits per heavy atom. The smallest absolute Gasteiger partial charge is 0.273 e. The molecule has 7 nitrogen and oxygen atoms in total. The molecule has 5 rings (SSSR count). The van der Waals surface area contributed by atoms with E-state index >= 15 is 0 Å². The molecule has 33 heavy (non-hydrogen) atoms. The van der Waals surface area contributed by atoms with E-state index in [2.05, 4.69) is 43.2 Å². The van der Waals surface area contributed by atoms with Crippen LogP contribution >= 0.6 is 15.9 Å². The van der Waals surface area contributed by atoms with Crippen LogP contribution in [0.4, 0.5) is 0 Å². The fourth-order valence-electron chi connectivity index (χ4n) is 4.71. The zero-order valence-corrected chi connectivity index (χ0v) is 20.2. The van der Waals surface area contributed by atoms with Gasteiger partial charge in [0.1, 0.15) is 11.4 Å². The molecule has 1 unspecified atom stereocenters. The number of methoxy groups -OCH3 is 1. The van der Waals surface area contributed by atoms with Crippen LogP contribution in [-0.2, 0) is 4.74 Å². The van der Waals surface area contributed by atoms with Crippen molar-refractivity contribution < 1.29 is 14.3 Å². The number of fused-ring (bicyclic) bond motifs is 1. The van der Waals surface area contributed by atoms with Gasteiger partial charge in [-0.15, -0.1) is 0 Å². The molecule has 3 heterocycles. The van der Waals surface area contributed by atoms with E-state index in [1.807, 2.05) is 41.3 Å². The lowest BCUT2D eigenvalue weighted by Gasteiger charge is -2.29. The largest absolute Gasteiger partial charge is 0.497 e. The van der Waals surface area contributed by atoms with Crippen molar-refractivity contribution in [1.82, 2.24) is 20.0 Å². The van der Waals surface area contributed by atoms with Crippen molar-refractivity contribution in [3.05, 3.63) is 69.8 Å². The summed E-state index contributed by atoms with van der Waals surface area (Å²) in [6.07, 6.45) is 0.909. The summed E-state index contributed by atoms with van der Waals surface area (Å²) in [5, 5.41) is 7.59. The first kappa shape index (κ1) is 22.1. The standard InChI is InChI=1S/C25H27BrN4O3/c1-32-20-8-6-17(7-9-20)22-21-23(28-27-22)25(31)30(11-3-10-29-12-14-33-15-13-29)24(21)18-4-2-5-19(26)16-18/h2,4-9,16,24H,3,10-15H2,1H3,(H,27,28).